The summed E-state index contributed by atoms with van der Waals surface area (Å²) in [6, 6.07) is 8.08. The fourth-order valence-corrected chi connectivity index (χ4v) is 2.23. The van der Waals surface area contributed by atoms with Crippen molar-refractivity contribution in [2.45, 2.75) is 6.54 Å². The third kappa shape index (κ3) is 3.87. The van der Waals surface area contributed by atoms with E-state index >= 15 is 0 Å². The van der Waals surface area contributed by atoms with Gasteiger partial charge < -0.3 is 10.1 Å². The summed E-state index contributed by atoms with van der Waals surface area (Å²) in [6.07, 6.45) is 1.48. The summed E-state index contributed by atoms with van der Waals surface area (Å²) in [4.78, 5) is 17.2. The second kappa shape index (κ2) is 6.47. The van der Waals surface area contributed by atoms with Gasteiger partial charge in [-0.25, -0.2) is 9.89 Å². The number of hydrogen-bond donors (Lipinski definition) is 2. The number of rotatable bonds is 4. The lowest BCUT2D eigenvalue weighted by Gasteiger charge is -2.26. The Morgan fingerprint density at radius 3 is 2.71 bits per heavy atom. The summed E-state index contributed by atoms with van der Waals surface area (Å²) in [5.74, 6) is 0.430. The summed E-state index contributed by atoms with van der Waals surface area (Å²) in [6.45, 7) is 4.49. The molecule has 2 heterocycles. The van der Waals surface area contributed by atoms with Gasteiger partial charge in [0, 0.05) is 25.3 Å². The maximum Gasteiger partial charge on any atom is 0.363 e. The Morgan fingerprint density at radius 2 is 2.00 bits per heavy atom. The molecule has 7 nitrogen and oxygen atoms in total. The Labute approximate surface area is 122 Å². The fourth-order valence-electron chi connectivity index (χ4n) is 2.23. The van der Waals surface area contributed by atoms with Gasteiger partial charge in [-0.15, -0.1) is 0 Å². The number of nitrogens with one attached hydrogen (secondary N) is 2. The lowest BCUT2D eigenvalue weighted by Crippen LogP contribution is -2.35. The SMILES string of the molecule is O=c1nc(Nc2ccc(CN3CCOCC3)cc2)cn[nH]1. The first kappa shape index (κ1) is 13.7. The van der Waals surface area contributed by atoms with E-state index in [9.17, 15) is 4.79 Å². The van der Waals surface area contributed by atoms with Crippen LogP contribution in [0.2, 0.25) is 0 Å². The number of aromatic amines is 1. The van der Waals surface area contributed by atoms with Gasteiger partial charge >= 0.3 is 5.69 Å². The van der Waals surface area contributed by atoms with Crippen molar-refractivity contribution in [2.24, 2.45) is 0 Å². The zero-order valence-electron chi connectivity index (χ0n) is 11.6. The molecule has 0 unspecified atom stereocenters. The summed E-state index contributed by atoms with van der Waals surface area (Å²) < 4.78 is 5.34. The predicted octanol–water partition coefficient (Wildman–Crippen LogP) is 0.741. The van der Waals surface area contributed by atoms with Gasteiger partial charge in [0.2, 0.25) is 0 Å². The Morgan fingerprint density at radius 1 is 1.24 bits per heavy atom. The van der Waals surface area contributed by atoms with Crippen LogP contribution in [0.1, 0.15) is 5.56 Å². The van der Waals surface area contributed by atoms with Gasteiger partial charge in [0.15, 0.2) is 5.82 Å². The van der Waals surface area contributed by atoms with E-state index in [2.05, 4.69) is 37.5 Å². The van der Waals surface area contributed by atoms with Gasteiger partial charge in [0.25, 0.3) is 0 Å². The van der Waals surface area contributed by atoms with E-state index in [1.54, 1.807) is 0 Å². The van der Waals surface area contributed by atoms with Gasteiger partial charge in [-0.3, -0.25) is 4.90 Å². The van der Waals surface area contributed by atoms with Crippen molar-refractivity contribution in [1.82, 2.24) is 20.1 Å². The van der Waals surface area contributed by atoms with E-state index in [4.69, 9.17) is 4.74 Å². The highest BCUT2D eigenvalue weighted by Crippen LogP contribution is 2.15. The fraction of sp³-hybridized carbons (Fsp3) is 0.357. The van der Waals surface area contributed by atoms with Crippen LogP contribution in [0.4, 0.5) is 11.5 Å². The lowest BCUT2D eigenvalue weighted by atomic mass is 10.2. The highest BCUT2D eigenvalue weighted by Gasteiger charge is 2.10. The zero-order valence-corrected chi connectivity index (χ0v) is 11.6. The van der Waals surface area contributed by atoms with E-state index in [1.165, 1.54) is 11.8 Å². The third-order valence-corrected chi connectivity index (χ3v) is 3.31. The van der Waals surface area contributed by atoms with Crippen LogP contribution in [0.3, 0.4) is 0 Å². The van der Waals surface area contributed by atoms with Crippen molar-refractivity contribution in [3.8, 4) is 0 Å². The van der Waals surface area contributed by atoms with Crippen LogP contribution in [0.15, 0.2) is 35.3 Å². The number of benzene rings is 1. The number of anilines is 2. The molecule has 0 aliphatic carbocycles. The normalized spacial score (nSPS) is 15.8. The Hall–Kier alpha value is -2.25. The Bertz CT molecular complexity index is 634. The van der Waals surface area contributed by atoms with Crippen molar-refractivity contribution in [2.75, 3.05) is 31.6 Å². The molecule has 1 aromatic carbocycles. The number of morpholine rings is 1. The molecule has 2 aromatic rings. The van der Waals surface area contributed by atoms with Crippen LogP contribution in [0, 0.1) is 0 Å². The standard InChI is InChI=1S/C14H17N5O2/c20-14-17-13(9-15-18-14)16-12-3-1-11(2-4-12)10-19-5-7-21-8-6-19/h1-4,9H,5-8,10H2,(H2,16,17,18,20). The first-order valence-electron chi connectivity index (χ1n) is 6.87. The minimum atomic E-state index is -0.469. The van der Waals surface area contributed by atoms with E-state index in [-0.39, 0.29) is 0 Å². The van der Waals surface area contributed by atoms with E-state index in [1.807, 2.05) is 12.1 Å². The predicted molar refractivity (Wildman–Crippen MR) is 78.5 cm³/mol. The second-order valence-electron chi connectivity index (χ2n) is 4.88. The van der Waals surface area contributed by atoms with Gasteiger partial charge in [-0.05, 0) is 17.7 Å². The molecule has 2 N–H and O–H groups in total. The van der Waals surface area contributed by atoms with Crippen LogP contribution in [-0.2, 0) is 11.3 Å². The van der Waals surface area contributed by atoms with Gasteiger partial charge in [0.05, 0.1) is 19.4 Å². The maximum absolute atomic E-state index is 11.1. The molecule has 0 atom stereocenters. The molecule has 7 heteroatoms. The molecule has 0 radical (unpaired) electrons. The highest BCUT2D eigenvalue weighted by atomic mass is 16.5. The van der Waals surface area contributed by atoms with Crippen LogP contribution in [0.5, 0.6) is 0 Å². The molecular formula is C14H17N5O2. The third-order valence-electron chi connectivity index (χ3n) is 3.31. The van der Waals surface area contributed by atoms with E-state index in [0.29, 0.717) is 5.82 Å². The second-order valence-corrected chi connectivity index (χ2v) is 4.88. The maximum atomic E-state index is 11.1. The quantitative estimate of drug-likeness (QED) is 0.863. The molecule has 1 aromatic heterocycles. The van der Waals surface area contributed by atoms with Crippen LogP contribution < -0.4 is 11.0 Å². The smallest absolute Gasteiger partial charge is 0.363 e. The molecule has 0 saturated carbocycles. The summed E-state index contributed by atoms with van der Waals surface area (Å²) in [5.41, 5.74) is 1.66. The average molecular weight is 287 g/mol. The van der Waals surface area contributed by atoms with Gasteiger partial charge in [-0.1, -0.05) is 12.1 Å². The molecule has 1 aliphatic rings. The first-order valence-corrected chi connectivity index (χ1v) is 6.87. The number of H-pyrrole nitrogens is 1. The van der Waals surface area contributed by atoms with Gasteiger partial charge in [0.1, 0.15) is 0 Å². The lowest BCUT2D eigenvalue weighted by molar-refractivity contribution is 0.0342. The molecule has 1 saturated heterocycles. The van der Waals surface area contributed by atoms with E-state index in [0.717, 1.165) is 38.5 Å². The molecule has 0 amide bonds. The molecule has 1 aliphatic heterocycles. The highest BCUT2D eigenvalue weighted by molar-refractivity contribution is 5.55. The molecule has 0 bridgehead atoms. The van der Waals surface area contributed by atoms with Crippen LogP contribution in [-0.4, -0.2) is 46.4 Å². The zero-order chi connectivity index (χ0) is 14.5. The van der Waals surface area contributed by atoms with Crippen molar-refractivity contribution >= 4 is 11.5 Å². The summed E-state index contributed by atoms with van der Waals surface area (Å²) in [5, 5.41) is 8.98. The number of hydrogen-bond acceptors (Lipinski definition) is 6. The number of ether oxygens (including phenoxy) is 1. The minimum absolute atomic E-state index is 0.430. The molecule has 1 fully saturated rings. The molecule has 110 valence electrons. The van der Waals surface area contributed by atoms with Crippen LogP contribution >= 0.6 is 0 Å². The summed E-state index contributed by atoms with van der Waals surface area (Å²) in [7, 11) is 0. The molecular weight excluding hydrogens is 270 g/mol. The monoisotopic (exact) mass is 287 g/mol. The van der Waals surface area contributed by atoms with Crippen molar-refractivity contribution in [1.29, 1.82) is 0 Å². The van der Waals surface area contributed by atoms with Crippen molar-refractivity contribution < 1.29 is 4.74 Å². The minimum Gasteiger partial charge on any atom is -0.379 e. The van der Waals surface area contributed by atoms with Crippen LogP contribution in [0.25, 0.3) is 0 Å². The Kier molecular flexibility index (Phi) is 4.23. The average Bonchev–Trinajstić information content (AvgIpc) is 2.50. The number of nitrogens with zero attached hydrogens (tertiary/aromatic N) is 3. The molecule has 3 rings (SSSR count). The molecule has 0 spiro atoms. The topological polar surface area (TPSA) is 83.1 Å². The largest absolute Gasteiger partial charge is 0.379 e. The first-order chi connectivity index (χ1) is 10.3. The van der Waals surface area contributed by atoms with E-state index < -0.39 is 5.69 Å². The van der Waals surface area contributed by atoms with Crippen molar-refractivity contribution in [3.63, 3.8) is 0 Å². The summed E-state index contributed by atoms with van der Waals surface area (Å²) >= 11 is 0. The molecule has 21 heavy (non-hydrogen) atoms. The Balaban J connectivity index is 1.62. The van der Waals surface area contributed by atoms with Crippen molar-refractivity contribution in [3.05, 3.63) is 46.5 Å². The van der Waals surface area contributed by atoms with Gasteiger partial charge in [-0.2, -0.15) is 10.1 Å². The number of aromatic nitrogens is 3.